The summed E-state index contributed by atoms with van der Waals surface area (Å²) in [5, 5.41) is 0. The minimum absolute atomic E-state index is 0.201. The van der Waals surface area contributed by atoms with Crippen LogP contribution in [0.15, 0.2) is 71.9 Å². The largest absolute Gasteiger partial charge is 0.361 e. The van der Waals surface area contributed by atoms with Crippen LogP contribution >= 0.6 is 0 Å². The van der Waals surface area contributed by atoms with E-state index >= 15 is 0 Å². The second-order valence-electron chi connectivity index (χ2n) is 6.92. The van der Waals surface area contributed by atoms with Crippen LogP contribution in [0.5, 0.6) is 0 Å². The van der Waals surface area contributed by atoms with E-state index in [0.717, 1.165) is 56.7 Å². The van der Waals surface area contributed by atoms with Gasteiger partial charge in [0.05, 0.1) is 6.67 Å². The topological polar surface area (TPSA) is 23.6 Å². The first kappa shape index (κ1) is 16.1. The van der Waals surface area contributed by atoms with Gasteiger partial charge in [0.15, 0.2) is 5.78 Å². The molecule has 0 spiro atoms. The molecule has 0 N–H and O–H groups in total. The number of nitrogens with zero attached hydrogens (tertiary/aromatic N) is 2. The molecule has 3 heteroatoms. The normalized spacial score (nSPS) is 17.7. The Kier molecular flexibility index (Phi) is 4.66. The highest BCUT2D eigenvalue weighted by Gasteiger charge is 2.31. The van der Waals surface area contributed by atoms with Gasteiger partial charge in [0.25, 0.3) is 0 Å². The molecule has 2 heterocycles. The maximum absolute atomic E-state index is 13.1. The second kappa shape index (κ2) is 7.24. The first-order valence-corrected chi connectivity index (χ1v) is 9.14. The Bertz CT molecular complexity index is 767. The Balaban J connectivity index is 1.52. The van der Waals surface area contributed by atoms with Crippen LogP contribution in [-0.2, 0) is 6.42 Å². The molecule has 4 rings (SSSR count). The Labute approximate surface area is 149 Å². The van der Waals surface area contributed by atoms with Crippen LogP contribution < -0.4 is 0 Å². The van der Waals surface area contributed by atoms with Gasteiger partial charge in [-0.15, -0.1) is 0 Å². The molecule has 3 nitrogen and oxygen atoms in total. The van der Waals surface area contributed by atoms with Crippen LogP contribution in [0.2, 0.25) is 0 Å². The number of fused-ring (bicyclic) bond motifs is 1. The van der Waals surface area contributed by atoms with Crippen molar-refractivity contribution in [2.24, 2.45) is 0 Å². The summed E-state index contributed by atoms with van der Waals surface area (Å²) in [5.74, 6) is 0.201. The lowest BCUT2D eigenvalue weighted by molar-refractivity contribution is 0.0982. The second-order valence-corrected chi connectivity index (χ2v) is 6.92. The number of carbonyl (C=O) groups is 1. The summed E-state index contributed by atoms with van der Waals surface area (Å²) >= 11 is 0. The highest BCUT2D eigenvalue weighted by Crippen LogP contribution is 2.30. The lowest BCUT2D eigenvalue weighted by atomic mass is 9.98. The van der Waals surface area contributed by atoms with Crippen molar-refractivity contribution in [3.05, 3.63) is 83.1 Å². The van der Waals surface area contributed by atoms with Gasteiger partial charge in [-0.25, -0.2) is 0 Å². The average Bonchev–Trinajstić information content (AvgIpc) is 3.15. The molecule has 0 aliphatic carbocycles. The highest BCUT2D eigenvalue weighted by molar-refractivity contribution is 6.09. The maximum Gasteiger partial charge on any atom is 0.192 e. The predicted molar refractivity (Wildman–Crippen MR) is 100 cm³/mol. The average molecular weight is 332 g/mol. The molecule has 2 aromatic rings. The third-order valence-corrected chi connectivity index (χ3v) is 5.19. The van der Waals surface area contributed by atoms with Crippen molar-refractivity contribution < 1.29 is 4.79 Å². The smallest absolute Gasteiger partial charge is 0.192 e. The molecule has 0 unspecified atom stereocenters. The fourth-order valence-corrected chi connectivity index (χ4v) is 3.88. The van der Waals surface area contributed by atoms with E-state index in [4.69, 9.17) is 0 Å². The summed E-state index contributed by atoms with van der Waals surface area (Å²) in [5.41, 5.74) is 4.45. The van der Waals surface area contributed by atoms with Crippen molar-refractivity contribution in [3.8, 4) is 0 Å². The highest BCUT2D eigenvalue weighted by atomic mass is 16.1. The van der Waals surface area contributed by atoms with E-state index in [1.807, 2.05) is 30.3 Å². The van der Waals surface area contributed by atoms with E-state index in [9.17, 15) is 4.79 Å². The summed E-state index contributed by atoms with van der Waals surface area (Å²) in [7, 11) is 0. The molecule has 0 aromatic heterocycles. The number of hydrogen-bond donors (Lipinski definition) is 0. The first-order chi connectivity index (χ1) is 12.3. The zero-order valence-electron chi connectivity index (χ0n) is 14.5. The Hall–Kier alpha value is -2.39. The van der Waals surface area contributed by atoms with Crippen molar-refractivity contribution in [3.63, 3.8) is 0 Å². The van der Waals surface area contributed by atoms with Crippen molar-refractivity contribution >= 4 is 5.78 Å². The van der Waals surface area contributed by atoms with Gasteiger partial charge in [-0.05, 0) is 24.8 Å². The van der Waals surface area contributed by atoms with E-state index < -0.39 is 0 Å². The van der Waals surface area contributed by atoms with Gasteiger partial charge in [0.1, 0.15) is 0 Å². The Morgan fingerprint density at radius 3 is 2.44 bits per heavy atom. The van der Waals surface area contributed by atoms with E-state index in [1.165, 1.54) is 11.3 Å². The fraction of sp³-hybridized carbons (Fsp3) is 0.318. The van der Waals surface area contributed by atoms with E-state index in [-0.39, 0.29) is 5.78 Å². The molecular formula is C22H24N2O. The molecule has 25 heavy (non-hydrogen) atoms. The minimum Gasteiger partial charge on any atom is -0.361 e. The van der Waals surface area contributed by atoms with Gasteiger partial charge in [-0.1, -0.05) is 60.7 Å². The predicted octanol–water partition coefficient (Wildman–Crippen LogP) is 3.74. The summed E-state index contributed by atoms with van der Waals surface area (Å²) in [6.45, 7) is 3.78. The number of Topliss-reactive ketones (excluding diaryl/α,β-unsaturated/α-hetero) is 1. The zero-order chi connectivity index (χ0) is 17.1. The SMILES string of the molecule is O=C(C1=C2CCCN2CN(CCc2ccccc2)C1)c1ccccc1. The lowest BCUT2D eigenvalue weighted by Gasteiger charge is -2.36. The van der Waals surface area contributed by atoms with Crippen LogP contribution in [0.3, 0.4) is 0 Å². The molecular weight excluding hydrogens is 308 g/mol. The molecule has 0 atom stereocenters. The van der Waals surface area contributed by atoms with E-state index in [2.05, 4.69) is 40.1 Å². The van der Waals surface area contributed by atoms with Crippen molar-refractivity contribution in [2.75, 3.05) is 26.3 Å². The molecule has 0 bridgehead atoms. The number of hydrogen-bond acceptors (Lipinski definition) is 3. The number of benzene rings is 2. The Morgan fingerprint density at radius 1 is 0.960 bits per heavy atom. The molecule has 0 amide bonds. The number of ketones is 1. The molecule has 0 saturated carbocycles. The van der Waals surface area contributed by atoms with Gasteiger partial charge in [-0.2, -0.15) is 0 Å². The summed E-state index contributed by atoms with van der Waals surface area (Å²) in [4.78, 5) is 17.9. The monoisotopic (exact) mass is 332 g/mol. The lowest BCUT2D eigenvalue weighted by Crippen LogP contribution is -2.44. The molecule has 1 saturated heterocycles. The fourth-order valence-electron chi connectivity index (χ4n) is 3.88. The van der Waals surface area contributed by atoms with Crippen LogP contribution in [0.1, 0.15) is 28.8 Å². The van der Waals surface area contributed by atoms with Crippen molar-refractivity contribution in [2.45, 2.75) is 19.3 Å². The van der Waals surface area contributed by atoms with Crippen molar-refractivity contribution in [1.82, 2.24) is 9.80 Å². The third-order valence-electron chi connectivity index (χ3n) is 5.19. The van der Waals surface area contributed by atoms with Crippen LogP contribution in [0, 0.1) is 0 Å². The molecule has 2 aliphatic rings. The van der Waals surface area contributed by atoms with Crippen molar-refractivity contribution in [1.29, 1.82) is 0 Å². The van der Waals surface area contributed by atoms with E-state index in [0.29, 0.717) is 0 Å². The quantitative estimate of drug-likeness (QED) is 0.780. The number of carbonyl (C=O) groups excluding carboxylic acids is 1. The van der Waals surface area contributed by atoms with E-state index in [1.54, 1.807) is 0 Å². The number of allylic oxidation sites excluding steroid dienone is 1. The summed E-state index contributed by atoms with van der Waals surface area (Å²) in [6, 6.07) is 20.3. The summed E-state index contributed by atoms with van der Waals surface area (Å²) in [6.07, 6.45) is 3.23. The molecule has 2 aromatic carbocycles. The minimum atomic E-state index is 0.201. The van der Waals surface area contributed by atoms with Gasteiger partial charge >= 0.3 is 0 Å². The van der Waals surface area contributed by atoms with Gasteiger partial charge in [-0.3, -0.25) is 9.69 Å². The first-order valence-electron chi connectivity index (χ1n) is 9.14. The summed E-state index contributed by atoms with van der Waals surface area (Å²) < 4.78 is 0. The third kappa shape index (κ3) is 3.52. The molecule has 128 valence electrons. The van der Waals surface area contributed by atoms with Crippen LogP contribution in [0.25, 0.3) is 0 Å². The zero-order valence-corrected chi connectivity index (χ0v) is 14.5. The number of rotatable bonds is 5. The Morgan fingerprint density at radius 2 is 1.68 bits per heavy atom. The molecule has 0 radical (unpaired) electrons. The maximum atomic E-state index is 13.1. The van der Waals surface area contributed by atoms with Crippen LogP contribution in [0.4, 0.5) is 0 Å². The van der Waals surface area contributed by atoms with Gasteiger partial charge in [0.2, 0.25) is 0 Å². The molecule has 2 aliphatic heterocycles. The molecule has 1 fully saturated rings. The van der Waals surface area contributed by atoms with Crippen LogP contribution in [-0.4, -0.2) is 41.9 Å². The standard InChI is InChI=1S/C22H24N2O/c25-22(19-10-5-2-6-11-19)20-16-23(17-24-14-7-12-21(20)24)15-13-18-8-3-1-4-9-18/h1-6,8-11H,7,12-17H2. The van der Waals surface area contributed by atoms with Gasteiger partial charge in [0, 0.05) is 36.5 Å². The van der Waals surface area contributed by atoms with Gasteiger partial charge < -0.3 is 4.90 Å².